The van der Waals surface area contributed by atoms with Gasteiger partial charge in [0, 0.05) is 9.79 Å². The third-order valence-corrected chi connectivity index (χ3v) is 5.77. The molecule has 0 fully saturated rings. The van der Waals surface area contributed by atoms with Gasteiger partial charge < -0.3 is 14.8 Å². The number of carbonyl (C=O) groups is 1. The number of hydrogen-bond donors (Lipinski definition) is 1. The van der Waals surface area contributed by atoms with Crippen molar-refractivity contribution in [3.8, 4) is 17.6 Å². The molecule has 152 valence electrons. The first-order chi connectivity index (χ1) is 14.6. The Balaban J connectivity index is 1.82. The van der Waals surface area contributed by atoms with Gasteiger partial charge in [-0.15, -0.1) is 0 Å². The minimum atomic E-state index is -0.234. The van der Waals surface area contributed by atoms with Gasteiger partial charge in [-0.2, -0.15) is 5.26 Å². The highest BCUT2D eigenvalue weighted by Crippen LogP contribution is 2.33. The van der Waals surface area contributed by atoms with E-state index in [1.54, 1.807) is 26.4 Å². The Morgan fingerprint density at radius 2 is 1.63 bits per heavy atom. The lowest BCUT2D eigenvalue weighted by Crippen LogP contribution is -2.27. The zero-order valence-corrected chi connectivity index (χ0v) is 17.8. The van der Waals surface area contributed by atoms with E-state index >= 15 is 0 Å². The van der Waals surface area contributed by atoms with Crippen LogP contribution in [-0.4, -0.2) is 20.1 Å². The first-order valence-corrected chi connectivity index (χ1v) is 10.2. The molecule has 3 aromatic carbocycles. The minimum Gasteiger partial charge on any atom is -0.493 e. The SMILES string of the molecule is COc1ccc(C(C)NC(=O)c2ccccc2Sc2ccccc2C#N)cc1OC. The molecule has 30 heavy (non-hydrogen) atoms. The van der Waals surface area contributed by atoms with Crippen molar-refractivity contribution in [2.75, 3.05) is 14.2 Å². The van der Waals surface area contributed by atoms with Gasteiger partial charge in [0.05, 0.1) is 31.4 Å². The molecule has 0 aromatic heterocycles. The molecule has 0 saturated heterocycles. The maximum Gasteiger partial charge on any atom is 0.252 e. The quantitative estimate of drug-likeness (QED) is 0.570. The van der Waals surface area contributed by atoms with Crippen molar-refractivity contribution in [1.29, 1.82) is 5.26 Å². The summed E-state index contributed by atoms with van der Waals surface area (Å²) in [5, 5.41) is 12.4. The van der Waals surface area contributed by atoms with E-state index in [0.29, 0.717) is 22.6 Å². The number of methoxy groups -OCH3 is 2. The molecule has 6 heteroatoms. The number of carbonyl (C=O) groups excluding carboxylic acids is 1. The fourth-order valence-electron chi connectivity index (χ4n) is 2.99. The second-order valence-corrected chi connectivity index (χ2v) is 7.60. The molecule has 5 nitrogen and oxygen atoms in total. The predicted octanol–water partition coefficient (Wildman–Crippen LogP) is 5.22. The second-order valence-electron chi connectivity index (χ2n) is 6.52. The number of ether oxygens (including phenoxy) is 2. The smallest absolute Gasteiger partial charge is 0.252 e. The number of rotatable bonds is 7. The summed E-state index contributed by atoms with van der Waals surface area (Å²) < 4.78 is 10.6. The zero-order valence-electron chi connectivity index (χ0n) is 17.0. The topological polar surface area (TPSA) is 71.3 Å². The Kier molecular flexibility index (Phi) is 6.99. The Bertz CT molecular complexity index is 1090. The first-order valence-electron chi connectivity index (χ1n) is 9.36. The molecule has 3 aromatic rings. The molecule has 1 N–H and O–H groups in total. The van der Waals surface area contributed by atoms with Crippen molar-refractivity contribution >= 4 is 17.7 Å². The molecule has 0 aliphatic heterocycles. The van der Waals surface area contributed by atoms with Gasteiger partial charge in [0.1, 0.15) is 6.07 Å². The summed E-state index contributed by atoms with van der Waals surface area (Å²) in [6.07, 6.45) is 0. The van der Waals surface area contributed by atoms with Crippen LogP contribution in [-0.2, 0) is 0 Å². The number of nitriles is 1. The molecule has 0 aliphatic rings. The summed E-state index contributed by atoms with van der Waals surface area (Å²) >= 11 is 1.41. The van der Waals surface area contributed by atoms with Crippen LogP contribution < -0.4 is 14.8 Å². The molecule has 0 bridgehead atoms. The maximum atomic E-state index is 13.0. The molecule has 0 spiro atoms. The van der Waals surface area contributed by atoms with Gasteiger partial charge in [-0.1, -0.05) is 42.1 Å². The van der Waals surface area contributed by atoms with Crippen LogP contribution in [0.2, 0.25) is 0 Å². The number of nitrogens with zero attached hydrogens (tertiary/aromatic N) is 1. The van der Waals surface area contributed by atoms with Gasteiger partial charge in [0.15, 0.2) is 11.5 Å². The van der Waals surface area contributed by atoms with E-state index in [1.807, 2.05) is 61.5 Å². The summed E-state index contributed by atoms with van der Waals surface area (Å²) in [5.74, 6) is 1.06. The Morgan fingerprint density at radius 1 is 0.967 bits per heavy atom. The Morgan fingerprint density at radius 3 is 2.33 bits per heavy atom. The average Bonchev–Trinajstić information content (AvgIpc) is 2.79. The fourth-order valence-corrected chi connectivity index (χ4v) is 4.01. The van der Waals surface area contributed by atoms with E-state index in [1.165, 1.54) is 11.8 Å². The van der Waals surface area contributed by atoms with Crippen molar-refractivity contribution in [2.24, 2.45) is 0 Å². The highest BCUT2D eigenvalue weighted by molar-refractivity contribution is 7.99. The normalized spacial score (nSPS) is 11.3. The van der Waals surface area contributed by atoms with Crippen molar-refractivity contribution in [1.82, 2.24) is 5.32 Å². The van der Waals surface area contributed by atoms with Crippen LogP contribution in [0.3, 0.4) is 0 Å². The van der Waals surface area contributed by atoms with E-state index in [9.17, 15) is 10.1 Å². The zero-order chi connectivity index (χ0) is 21.5. The fraction of sp³-hybridized carbons (Fsp3) is 0.167. The summed E-state index contributed by atoms with van der Waals surface area (Å²) in [5.41, 5.74) is 2.04. The molecule has 1 amide bonds. The van der Waals surface area contributed by atoms with E-state index < -0.39 is 0 Å². The van der Waals surface area contributed by atoms with Gasteiger partial charge in [0.25, 0.3) is 5.91 Å². The maximum absolute atomic E-state index is 13.0. The van der Waals surface area contributed by atoms with Crippen LogP contribution in [0.25, 0.3) is 0 Å². The third-order valence-electron chi connectivity index (χ3n) is 4.61. The van der Waals surface area contributed by atoms with Crippen LogP contribution in [0, 0.1) is 11.3 Å². The summed E-state index contributed by atoms with van der Waals surface area (Å²) in [7, 11) is 3.17. The molecule has 0 radical (unpaired) electrons. The molecule has 1 atom stereocenters. The number of amides is 1. The Labute approximate surface area is 180 Å². The van der Waals surface area contributed by atoms with Gasteiger partial charge in [-0.25, -0.2) is 0 Å². The van der Waals surface area contributed by atoms with Crippen LogP contribution >= 0.6 is 11.8 Å². The summed E-state index contributed by atoms with van der Waals surface area (Å²) in [4.78, 5) is 14.6. The van der Waals surface area contributed by atoms with Crippen LogP contribution in [0.1, 0.15) is 34.5 Å². The monoisotopic (exact) mass is 418 g/mol. The van der Waals surface area contributed by atoms with Gasteiger partial charge in [-0.3, -0.25) is 4.79 Å². The van der Waals surface area contributed by atoms with Gasteiger partial charge in [-0.05, 0) is 48.9 Å². The lowest BCUT2D eigenvalue weighted by atomic mass is 10.1. The molecule has 0 aliphatic carbocycles. The minimum absolute atomic E-state index is 0.185. The van der Waals surface area contributed by atoms with Gasteiger partial charge >= 0.3 is 0 Å². The molecule has 3 rings (SSSR count). The largest absolute Gasteiger partial charge is 0.493 e. The predicted molar refractivity (Wildman–Crippen MR) is 117 cm³/mol. The first kappa shape index (κ1) is 21.3. The summed E-state index contributed by atoms with van der Waals surface area (Å²) in [6, 6.07) is 22.3. The highest BCUT2D eigenvalue weighted by atomic mass is 32.2. The lowest BCUT2D eigenvalue weighted by Gasteiger charge is -2.18. The summed E-state index contributed by atoms with van der Waals surface area (Å²) in [6.45, 7) is 1.92. The van der Waals surface area contributed by atoms with Crippen molar-refractivity contribution < 1.29 is 14.3 Å². The van der Waals surface area contributed by atoms with Gasteiger partial charge in [0.2, 0.25) is 0 Å². The molecule has 0 saturated carbocycles. The van der Waals surface area contributed by atoms with Crippen molar-refractivity contribution in [2.45, 2.75) is 22.8 Å². The van der Waals surface area contributed by atoms with E-state index in [-0.39, 0.29) is 11.9 Å². The molecular formula is C24H22N2O3S. The molecule has 1 unspecified atom stereocenters. The number of hydrogen-bond acceptors (Lipinski definition) is 5. The number of benzene rings is 3. The molecular weight excluding hydrogens is 396 g/mol. The van der Waals surface area contributed by atoms with E-state index in [2.05, 4.69) is 11.4 Å². The standard InChI is InChI=1S/C24H22N2O3S/c1-16(17-12-13-20(28-2)21(14-17)29-3)26-24(27)19-9-5-7-11-23(19)30-22-10-6-4-8-18(22)15-25/h4-14,16H,1-3H3,(H,26,27). The Hall–Kier alpha value is -3.43. The van der Waals surface area contributed by atoms with Crippen molar-refractivity contribution in [3.05, 3.63) is 83.4 Å². The van der Waals surface area contributed by atoms with Crippen molar-refractivity contribution in [3.63, 3.8) is 0 Å². The lowest BCUT2D eigenvalue weighted by molar-refractivity contribution is 0.0937. The average molecular weight is 419 g/mol. The third kappa shape index (κ3) is 4.76. The van der Waals surface area contributed by atoms with Crippen LogP contribution in [0.5, 0.6) is 11.5 Å². The second kappa shape index (κ2) is 9.86. The number of nitrogens with one attached hydrogen (secondary N) is 1. The highest BCUT2D eigenvalue weighted by Gasteiger charge is 2.17. The molecule has 0 heterocycles. The van der Waals surface area contributed by atoms with Crippen LogP contribution in [0.15, 0.2) is 76.5 Å². The van der Waals surface area contributed by atoms with E-state index in [0.717, 1.165) is 15.4 Å². The van der Waals surface area contributed by atoms with Crippen LogP contribution in [0.4, 0.5) is 0 Å². The van der Waals surface area contributed by atoms with E-state index in [4.69, 9.17) is 9.47 Å².